The zero-order valence-corrected chi connectivity index (χ0v) is 20.2. The summed E-state index contributed by atoms with van der Waals surface area (Å²) in [4.78, 5) is 11.6. The minimum absolute atomic E-state index is 0.0517. The van der Waals surface area contributed by atoms with Crippen LogP contribution >= 0.6 is 0 Å². The summed E-state index contributed by atoms with van der Waals surface area (Å²) in [5.41, 5.74) is 3.70. The summed E-state index contributed by atoms with van der Waals surface area (Å²) >= 11 is 0. The number of rotatable bonds is 6. The van der Waals surface area contributed by atoms with E-state index < -0.39 is 8.32 Å². The quantitative estimate of drug-likeness (QED) is 0.222. The molecule has 0 N–H and O–H groups in total. The molecule has 154 valence electrons. The first-order valence-corrected chi connectivity index (χ1v) is 13.0. The van der Waals surface area contributed by atoms with Gasteiger partial charge in [0.1, 0.15) is 0 Å². The molecule has 0 fully saturated rings. The van der Waals surface area contributed by atoms with E-state index in [1.165, 1.54) is 11.1 Å². The highest BCUT2D eigenvalue weighted by molar-refractivity contribution is 6.74. The van der Waals surface area contributed by atoms with Gasteiger partial charge < -0.3 is 9.16 Å². The summed E-state index contributed by atoms with van der Waals surface area (Å²) < 4.78 is 11.7. The Balaban J connectivity index is 2.98. The van der Waals surface area contributed by atoms with Gasteiger partial charge in [-0.15, -0.1) is 0 Å². The molecule has 3 nitrogen and oxygen atoms in total. The Morgan fingerprint density at radius 3 is 2.37 bits per heavy atom. The first-order valence-electron chi connectivity index (χ1n) is 10.1. The SMILES string of the molecule is CCOC(=O)/C=C(C)\C=C\C1=C(C)CC(O[Si](C)(C)C(C)(C)C)CC1(C)C. The van der Waals surface area contributed by atoms with Crippen LogP contribution in [0.1, 0.15) is 68.2 Å². The van der Waals surface area contributed by atoms with Crippen LogP contribution in [0.2, 0.25) is 18.1 Å². The number of hydrogen-bond acceptors (Lipinski definition) is 3. The van der Waals surface area contributed by atoms with Gasteiger partial charge in [0.25, 0.3) is 0 Å². The first kappa shape index (κ1) is 23.9. The number of carbonyl (C=O) groups is 1. The zero-order chi connectivity index (χ0) is 21.0. The molecular weight excluding hydrogens is 352 g/mol. The number of esters is 1. The smallest absolute Gasteiger partial charge is 0.330 e. The topological polar surface area (TPSA) is 35.5 Å². The highest BCUT2D eigenvalue weighted by atomic mass is 28.4. The number of ether oxygens (including phenoxy) is 1. The second-order valence-corrected chi connectivity index (χ2v) is 14.7. The van der Waals surface area contributed by atoms with Gasteiger partial charge in [-0.05, 0) is 68.3 Å². The minimum atomic E-state index is -1.77. The molecular formula is C23H40O3Si. The summed E-state index contributed by atoms with van der Waals surface area (Å²) in [5, 5.41) is 0.226. The lowest BCUT2D eigenvalue weighted by Crippen LogP contribution is -2.46. The lowest BCUT2D eigenvalue weighted by molar-refractivity contribution is -0.137. The Hall–Kier alpha value is -1.13. The third-order valence-electron chi connectivity index (χ3n) is 5.87. The van der Waals surface area contributed by atoms with Crippen molar-refractivity contribution in [3.63, 3.8) is 0 Å². The molecule has 1 unspecified atom stereocenters. The highest BCUT2D eigenvalue weighted by Crippen LogP contribution is 2.45. The van der Waals surface area contributed by atoms with Crippen molar-refractivity contribution in [3.05, 3.63) is 34.9 Å². The number of carbonyl (C=O) groups excluding carboxylic acids is 1. The van der Waals surface area contributed by atoms with Crippen molar-refractivity contribution in [2.24, 2.45) is 5.41 Å². The van der Waals surface area contributed by atoms with Gasteiger partial charge in [-0.2, -0.15) is 0 Å². The average Bonchev–Trinajstić information content (AvgIpc) is 2.43. The maximum Gasteiger partial charge on any atom is 0.330 e. The Kier molecular flexibility index (Phi) is 7.89. The molecule has 0 aromatic rings. The van der Waals surface area contributed by atoms with Gasteiger partial charge in [0, 0.05) is 12.2 Å². The van der Waals surface area contributed by atoms with Gasteiger partial charge in [-0.25, -0.2) is 4.79 Å². The van der Waals surface area contributed by atoms with Gasteiger partial charge in [0.05, 0.1) is 6.61 Å². The molecule has 0 radical (unpaired) electrons. The molecule has 0 amide bonds. The van der Waals surface area contributed by atoms with E-state index in [4.69, 9.17) is 9.16 Å². The van der Waals surface area contributed by atoms with Crippen LogP contribution in [0, 0.1) is 5.41 Å². The van der Waals surface area contributed by atoms with Crippen molar-refractivity contribution in [3.8, 4) is 0 Å². The fraction of sp³-hybridized carbons (Fsp3) is 0.696. The van der Waals surface area contributed by atoms with E-state index in [-0.39, 0.29) is 22.5 Å². The molecule has 0 aromatic heterocycles. The molecule has 0 aromatic carbocycles. The second-order valence-electron chi connectivity index (χ2n) is 9.96. The van der Waals surface area contributed by atoms with E-state index in [2.05, 4.69) is 60.7 Å². The van der Waals surface area contributed by atoms with Crippen LogP contribution in [0.15, 0.2) is 34.9 Å². The third kappa shape index (κ3) is 6.76. The Morgan fingerprint density at radius 2 is 1.89 bits per heavy atom. The van der Waals surface area contributed by atoms with Gasteiger partial charge in [0.15, 0.2) is 8.32 Å². The molecule has 1 aliphatic carbocycles. The lowest BCUT2D eigenvalue weighted by atomic mass is 9.71. The summed E-state index contributed by atoms with van der Waals surface area (Å²) in [6.45, 7) is 22.5. The molecule has 27 heavy (non-hydrogen) atoms. The van der Waals surface area contributed by atoms with Crippen molar-refractivity contribution in [2.45, 2.75) is 92.5 Å². The van der Waals surface area contributed by atoms with Gasteiger partial charge in [-0.3, -0.25) is 0 Å². The van der Waals surface area contributed by atoms with Crippen LogP contribution in [0.5, 0.6) is 0 Å². The van der Waals surface area contributed by atoms with Gasteiger partial charge in [0.2, 0.25) is 0 Å². The van der Waals surface area contributed by atoms with Crippen molar-refractivity contribution < 1.29 is 14.0 Å². The van der Waals surface area contributed by atoms with Crippen molar-refractivity contribution in [1.29, 1.82) is 0 Å². The maximum atomic E-state index is 11.6. The molecule has 0 saturated heterocycles. The molecule has 0 saturated carbocycles. The average molecular weight is 393 g/mol. The van der Waals surface area contributed by atoms with E-state index in [1.54, 1.807) is 6.08 Å². The summed E-state index contributed by atoms with van der Waals surface area (Å²) in [5.74, 6) is -0.281. The Labute approximate surface area is 168 Å². The van der Waals surface area contributed by atoms with E-state index in [1.807, 2.05) is 19.9 Å². The van der Waals surface area contributed by atoms with Crippen LogP contribution in [-0.2, 0) is 14.0 Å². The van der Waals surface area contributed by atoms with E-state index in [0.29, 0.717) is 6.61 Å². The van der Waals surface area contributed by atoms with Crippen molar-refractivity contribution >= 4 is 14.3 Å². The maximum absolute atomic E-state index is 11.6. The zero-order valence-electron chi connectivity index (χ0n) is 19.2. The summed E-state index contributed by atoms with van der Waals surface area (Å²) in [6.07, 6.45) is 8.03. The standard InChI is InChI=1S/C23H40O3Si/c1-11-25-21(24)14-17(2)12-13-20-18(3)15-19(16-23(20,7)8)26-27(9,10)22(4,5)6/h12-14,19H,11,15-16H2,1-10H3/b13-12+,17-14-. The predicted octanol–water partition coefficient (Wildman–Crippen LogP) is 6.58. The Morgan fingerprint density at radius 1 is 1.30 bits per heavy atom. The van der Waals surface area contributed by atoms with Gasteiger partial charge >= 0.3 is 5.97 Å². The fourth-order valence-corrected chi connectivity index (χ4v) is 4.81. The molecule has 0 aliphatic heterocycles. The Bertz CT molecular complexity index is 630. The predicted molar refractivity (Wildman–Crippen MR) is 117 cm³/mol. The third-order valence-corrected chi connectivity index (χ3v) is 10.4. The van der Waals surface area contributed by atoms with Crippen LogP contribution < -0.4 is 0 Å². The van der Waals surface area contributed by atoms with Crippen LogP contribution in [0.4, 0.5) is 0 Å². The largest absolute Gasteiger partial charge is 0.463 e. The minimum Gasteiger partial charge on any atom is -0.463 e. The van der Waals surface area contributed by atoms with E-state index >= 15 is 0 Å². The number of allylic oxidation sites excluding steroid dienone is 4. The van der Waals surface area contributed by atoms with Crippen molar-refractivity contribution in [2.75, 3.05) is 6.61 Å². The lowest BCUT2D eigenvalue weighted by Gasteiger charge is -2.44. The molecule has 0 heterocycles. The van der Waals surface area contributed by atoms with E-state index in [9.17, 15) is 4.79 Å². The van der Waals surface area contributed by atoms with Crippen LogP contribution in [0.25, 0.3) is 0 Å². The summed E-state index contributed by atoms with van der Waals surface area (Å²) in [7, 11) is -1.77. The van der Waals surface area contributed by atoms with Crippen molar-refractivity contribution in [1.82, 2.24) is 0 Å². The fourth-order valence-electron chi connectivity index (χ4n) is 3.46. The second kappa shape index (κ2) is 8.91. The summed E-state index contributed by atoms with van der Waals surface area (Å²) in [6, 6.07) is 0. The molecule has 4 heteroatoms. The first-order chi connectivity index (χ1) is 12.2. The molecule has 1 rings (SSSR count). The molecule has 1 atom stereocenters. The molecule has 0 spiro atoms. The van der Waals surface area contributed by atoms with Gasteiger partial charge in [-0.1, -0.05) is 52.3 Å². The van der Waals surface area contributed by atoms with Crippen LogP contribution in [-0.4, -0.2) is 27.0 Å². The number of hydrogen-bond donors (Lipinski definition) is 0. The molecule has 0 bridgehead atoms. The highest BCUT2D eigenvalue weighted by Gasteiger charge is 2.42. The molecule has 1 aliphatic rings. The normalized spacial score (nSPS) is 21.7. The monoisotopic (exact) mass is 392 g/mol. The van der Waals surface area contributed by atoms with Crippen LogP contribution in [0.3, 0.4) is 0 Å². The van der Waals surface area contributed by atoms with E-state index in [0.717, 1.165) is 18.4 Å².